The summed E-state index contributed by atoms with van der Waals surface area (Å²) in [4.78, 5) is 5.44. The summed E-state index contributed by atoms with van der Waals surface area (Å²) in [5, 5.41) is 9.86. The van der Waals surface area contributed by atoms with Crippen molar-refractivity contribution < 1.29 is 0 Å². The Morgan fingerprint density at radius 2 is 0.527 bits per heavy atom. The van der Waals surface area contributed by atoms with Crippen molar-refractivity contribution in [3.63, 3.8) is 0 Å². The van der Waals surface area contributed by atoms with Crippen molar-refractivity contribution in [2.24, 2.45) is 0 Å². The van der Waals surface area contributed by atoms with Crippen LogP contribution in [0, 0.1) is 0 Å². The summed E-state index contributed by atoms with van der Waals surface area (Å²) in [5.74, 6) is 0.867. The quantitative estimate of drug-likeness (QED) is 0.169. The van der Waals surface area contributed by atoms with E-state index in [1.165, 1.54) is 65.2 Å². The predicted octanol–water partition coefficient (Wildman–Crippen LogP) is 16.8. The SMILES string of the molecule is c1ccc(-n2c3ccc(-n4c5ccccc5c5cc(-n6c7ccccc7c7ccccc76)ccc54)cc3n3c4cc(-n5c6ccccc6c6cc(-n7c8ccccc8c8ccccc87)ccc65)ccc4nc23)cc1. The van der Waals surface area contributed by atoms with Crippen LogP contribution >= 0.6 is 0 Å². The normalized spacial score (nSPS) is 12.3. The number of hydrogen-bond acceptors (Lipinski definition) is 1. The molecule has 0 aliphatic heterocycles. The molecule has 0 aliphatic rings. The highest BCUT2D eigenvalue weighted by Crippen LogP contribution is 2.41. The van der Waals surface area contributed by atoms with Crippen molar-refractivity contribution in [3.8, 4) is 28.4 Å². The van der Waals surface area contributed by atoms with Crippen LogP contribution in [0.3, 0.4) is 0 Å². The average molecular weight is 944 g/mol. The van der Waals surface area contributed by atoms with Crippen molar-refractivity contribution in [1.29, 1.82) is 0 Å². The van der Waals surface area contributed by atoms with E-state index in [2.05, 4.69) is 276 Å². The molecule has 6 aromatic heterocycles. The highest BCUT2D eigenvalue weighted by atomic mass is 15.2. The molecule has 0 amide bonds. The lowest BCUT2D eigenvalue weighted by Gasteiger charge is -2.11. The van der Waals surface area contributed by atoms with Crippen LogP contribution in [0.2, 0.25) is 0 Å². The molecule has 11 aromatic carbocycles. The third-order valence-corrected chi connectivity index (χ3v) is 15.8. The van der Waals surface area contributed by atoms with E-state index in [4.69, 9.17) is 4.98 Å². The van der Waals surface area contributed by atoms with Gasteiger partial charge in [-0.3, -0.25) is 8.97 Å². The topological polar surface area (TPSA) is 42.0 Å². The predicted molar refractivity (Wildman–Crippen MR) is 307 cm³/mol. The van der Waals surface area contributed by atoms with Gasteiger partial charge >= 0.3 is 0 Å². The molecule has 0 unspecified atom stereocenters. The van der Waals surface area contributed by atoms with Gasteiger partial charge in [-0.25, -0.2) is 4.98 Å². The van der Waals surface area contributed by atoms with Gasteiger partial charge in [0.15, 0.2) is 0 Å². The zero-order valence-electron chi connectivity index (χ0n) is 39.8. The standard InChI is InChI=1S/C67H41N7/c1-2-16-42(17-3-1)73-64-37-33-46(72-61-29-15-9-23-52(61)54-39-44(32-36-63(54)72)70-58-26-12-6-20-49(58)50-21-7-13-27-59(50)70)41-66(64)74-65-40-45(30-34-55(65)68-67(73)74)71-60-28-14-8-22-51(60)53-38-43(31-35-62(53)71)69-56-24-10-4-18-47(56)48-19-5-11-25-57(48)69/h1-41H. The van der Waals surface area contributed by atoms with Crippen LogP contribution < -0.4 is 0 Å². The van der Waals surface area contributed by atoms with Crippen molar-refractivity contribution in [3.05, 3.63) is 249 Å². The van der Waals surface area contributed by atoms with Gasteiger partial charge in [0.25, 0.3) is 0 Å². The molecular formula is C67H41N7. The highest BCUT2D eigenvalue weighted by Gasteiger charge is 2.23. The lowest BCUT2D eigenvalue weighted by Crippen LogP contribution is -1.97. The number of benzene rings is 11. The van der Waals surface area contributed by atoms with Gasteiger partial charge in [0.1, 0.15) is 0 Å². The summed E-state index contributed by atoms with van der Waals surface area (Å²) < 4.78 is 14.3. The van der Waals surface area contributed by atoms with E-state index in [0.29, 0.717) is 0 Å². The molecule has 7 heteroatoms. The summed E-state index contributed by atoms with van der Waals surface area (Å²) in [5.41, 5.74) is 19.1. The summed E-state index contributed by atoms with van der Waals surface area (Å²) in [6.07, 6.45) is 0. The maximum atomic E-state index is 5.44. The molecule has 0 saturated heterocycles. The lowest BCUT2D eigenvalue weighted by molar-refractivity contribution is 1.11. The number of rotatable bonds is 5. The van der Waals surface area contributed by atoms with Gasteiger partial charge in [0, 0.05) is 71.5 Å². The number of imidazole rings is 2. The molecular weight excluding hydrogens is 903 g/mol. The second-order valence-electron chi connectivity index (χ2n) is 19.6. The molecule has 17 aromatic rings. The van der Waals surface area contributed by atoms with Gasteiger partial charge in [-0.1, -0.05) is 127 Å². The van der Waals surface area contributed by atoms with E-state index in [0.717, 1.165) is 78.3 Å². The molecule has 0 radical (unpaired) electrons. The molecule has 74 heavy (non-hydrogen) atoms. The first kappa shape index (κ1) is 39.6. The van der Waals surface area contributed by atoms with Gasteiger partial charge in [-0.15, -0.1) is 0 Å². The second kappa shape index (κ2) is 14.7. The molecule has 0 N–H and O–H groups in total. The van der Waals surface area contributed by atoms with Crippen molar-refractivity contribution in [2.45, 2.75) is 0 Å². The van der Waals surface area contributed by atoms with E-state index in [1.807, 2.05) is 0 Å². The van der Waals surface area contributed by atoms with Crippen LogP contribution in [0.4, 0.5) is 0 Å². The molecule has 0 saturated carbocycles. The molecule has 0 aliphatic carbocycles. The van der Waals surface area contributed by atoms with Crippen molar-refractivity contribution in [2.75, 3.05) is 0 Å². The van der Waals surface area contributed by atoms with Crippen LogP contribution in [0.1, 0.15) is 0 Å². The monoisotopic (exact) mass is 943 g/mol. The Bertz CT molecular complexity index is 5100. The molecule has 0 atom stereocenters. The van der Waals surface area contributed by atoms with Crippen LogP contribution in [0.15, 0.2) is 249 Å². The van der Waals surface area contributed by atoms with Gasteiger partial charge in [0.2, 0.25) is 5.78 Å². The Morgan fingerprint density at radius 1 is 0.203 bits per heavy atom. The van der Waals surface area contributed by atoms with Crippen molar-refractivity contribution in [1.82, 2.24) is 32.2 Å². The Balaban J connectivity index is 0.881. The number of hydrogen-bond donors (Lipinski definition) is 0. The Labute approximate surface area is 422 Å². The molecule has 0 fully saturated rings. The van der Waals surface area contributed by atoms with Crippen LogP contribution in [0.25, 0.3) is 144 Å². The average Bonchev–Trinajstić information content (AvgIpc) is 4.30. The molecule has 17 rings (SSSR count). The van der Waals surface area contributed by atoms with Crippen molar-refractivity contribution >= 4 is 115 Å². The Kier molecular flexibility index (Phi) is 7.88. The van der Waals surface area contributed by atoms with Crippen LogP contribution in [0.5, 0.6) is 0 Å². The van der Waals surface area contributed by atoms with Gasteiger partial charge in [-0.05, 0) is 121 Å². The third-order valence-electron chi connectivity index (χ3n) is 15.8. The lowest BCUT2D eigenvalue weighted by atomic mass is 10.1. The summed E-state index contributed by atoms with van der Waals surface area (Å²) in [6.45, 7) is 0. The third kappa shape index (κ3) is 5.31. The maximum Gasteiger partial charge on any atom is 0.220 e. The molecule has 7 nitrogen and oxygen atoms in total. The van der Waals surface area contributed by atoms with E-state index in [1.54, 1.807) is 0 Å². The fourth-order valence-electron chi connectivity index (χ4n) is 12.7. The Morgan fingerprint density at radius 3 is 0.959 bits per heavy atom. The van der Waals surface area contributed by atoms with E-state index >= 15 is 0 Å². The zero-order valence-corrected chi connectivity index (χ0v) is 39.8. The second-order valence-corrected chi connectivity index (χ2v) is 19.6. The summed E-state index contributed by atoms with van der Waals surface area (Å²) in [7, 11) is 0. The first-order valence-corrected chi connectivity index (χ1v) is 25.3. The molecule has 6 heterocycles. The van der Waals surface area contributed by atoms with Gasteiger partial charge in [0.05, 0.1) is 66.2 Å². The van der Waals surface area contributed by atoms with E-state index in [-0.39, 0.29) is 0 Å². The minimum Gasteiger partial charge on any atom is -0.309 e. The summed E-state index contributed by atoms with van der Waals surface area (Å²) in [6, 6.07) is 90.8. The zero-order chi connectivity index (χ0) is 48.2. The number of aromatic nitrogens is 7. The molecule has 0 spiro atoms. The van der Waals surface area contributed by atoms with Gasteiger partial charge in [-0.2, -0.15) is 0 Å². The number of nitrogens with zero attached hydrogens (tertiary/aromatic N) is 7. The fraction of sp³-hybridized carbons (Fsp3) is 0. The number of fused-ring (bicyclic) bond motifs is 17. The minimum absolute atomic E-state index is 0.867. The number of para-hydroxylation sites is 7. The van der Waals surface area contributed by atoms with E-state index in [9.17, 15) is 0 Å². The maximum absolute atomic E-state index is 5.44. The van der Waals surface area contributed by atoms with Crippen LogP contribution in [-0.2, 0) is 0 Å². The summed E-state index contributed by atoms with van der Waals surface area (Å²) >= 11 is 0. The van der Waals surface area contributed by atoms with E-state index < -0.39 is 0 Å². The Hall–Kier alpha value is -10.1. The first-order valence-electron chi connectivity index (χ1n) is 25.3. The van der Waals surface area contributed by atoms with Gasteiger partial charge < -0.3 is 18.3 Å². The first-order chi connectivity index (χ1) is 36.7. The smallest absolute Gasteiger partial charge is 0.220 e. The highest BCUT2D eigenvalue weighted by molar-refractivity contribution is 6.14. The largest absolute Gasteiger partial charge is 0.309 e. The minimum atomic E-state index is 0.867. The molecule has 0 bridgehead atoms. The molecule has 344 valence electrons. The fourth-order valence-corrected chi connectivity index (χ4v) is 12.7. The van der Waals surface area contributed by atoms with Crippen LogP contribution in [-0.4, -0.2) is 32.2 Å².